The summed E-state index contributed by atoms with van der Waals surface area (Å²) in [5.74, 6) is 1.58. The molecule has 0 aliphatic heterocycles. The minimum atomic E-state index is 0.562. The molecule has 0 amide bonds. The van der Waals surface area contributed by atoms with Gasteiger partial charge < -0.3 is 11.1 Å². The van der Waals surface area contributed by atoms with Crippen LogP contribution < -0.4 is 11.1 Å². The number of anilines is 1. The molecule has 5 heteroatoms. The minimum Gasteiger partial charge on any atom is -0.366 e. The van der Waals surface area contributed by atoms with Gasteiger partial charge in [0.25, 0.3) is 0 Å². The molecule has 0 aromatic carbocycles. The summed E-state index contributed by atoms with van der Waals surface area (Å²) >= 11 is 0. The van der Waals surface area contributed by atoms with Gasteiger partial charge in [-0.05, 0) is 24.2 Å². The summed E-state index contributed by atoms with van der Waals surface area (Å²) in [6.45, 7) is 1.26. The second-order valence-electron chi connectivity index (χ2n) is 3.61. The molecule has 2 rings (SSSR count). The Morgan fingerprint density at radius 1 is 1.24 bits per heavy atom. The highest BCUT2D eigenvalue weighted by molar-refractivity contribution is 5.34. The Bertz CT molecular complexity index is 457. The predicted octanol–water partition coefficient (Wildman–Crippen LogP) is 0.985. The molecule has 2 heterocycles. The molecule has 17 heavy (non-hydrogen) atoms. The minimum absolute atomic E-state index is 0.562. The van der Waals surface area contributed by atoms with Gasteiger partial charge in [-0.1, -0.05) is 6.07 Å². The van der Waals surface area contributed by atoms with E-state index < -0.39 is 0 Å². The topological polar surface area (TPSA) is 76.7 Å². The molecule has 0 fully saturated rings. The third-order valence-electron chi connectivity index (χ3n) is 2.27. The fraction of sp³-hybridized carbons (Fsp3) is 0.250. The molecule has 0 atom stereocenters. The number of rotatable bonds is 5. The summed E-state index contributed by atoms with van der Waals surface area (Å²) < 4.78 is 0. The second kappa shape index (κ2) is 5.91. The maximum Gasteiger partial charge on any atom is 0.131 e. The maximum atomic E-state index is 5.47. The summed E-state index contributed by atoms with van der Waals surface area (Å²) in [5.41, 5.74) is 6.58. The molecule has 2 aromatic rings. The van der Waals surface area contributed by atoms with Gasteiger partial charge in [0.2, 0.25) is 0 Å². The first-order valence-corrected chi connectivity index (χ1v) is 5.53. The Balaban J connectivity index is 1.97. The number of hydrogen-bond donors (Lipinski definition) is 2. The fourth-order valence-corrected chi connectivity index (χ4v) is 1.44. The van der Waals surface area contributed by atoms with E-state index in [1.165, 1.54) is 0 Å². The zero-order valence-corrected chi connectivity index (χ0v) is 9.50. The molecular weight excluding hydrogens is 214 g/mol. The second-order valence-corrected chi connectivity index (χ2v) is 3.61. The molecule has 3 N–H and O–H groups in total. The average molecular weight is 229 g/mol. The van der Waals surface area contributed by atoms with E-state index in [1.54, 1.807) is 12.4 Å². The Morgan fingerprint density at radius 3 is 2.94 bits per heavy atom. The molecule has 5 nitrogen and oxygen atoms in total. The summed E-state index contributed by atoms with van der Waals surface area (Å²) in [6.07, 6.45) is 6.02. The van der Waals surface area contributed by atoms with Gasteiger partial charge in [0.15, 0.2) is 0 Å². The first-order chi connectivity index (χ1) is 8.38. The van der Waals surface area contributed by atoms with Gasteiger partial charge in [0.1, 0.15) is 11.6 Å². The standard InChI is InChI=1S/C12H15N5/c13-5-3-11-15-7-4-12(17-11)16-9-10-2-1-6-14-8-10/h1-2,4,6-8H,3,5,9,13H2,(H,15,16,17). The van der Waals surface area contributed by atoms with E-state index in [4.69, 9.17) is 5.73 Å². The molecule has 0 radical (unpaired) electrons. The van der Waals surface area contributed by atoms with Gasteiger partial charge in [0, 0.05) is 31.6 Å². The largest absolute Gasteiger partial charge is 0.366 e. The highest BCUT2D eigenvalue weighted by Crippen LogP contribution is 2.05. The van der Waals surface area contributed by atoms with E-state index in [9.17, 15) is 0 Å². The first kappa shape index (κ1) is 11.5. The van der Waals surface area contributed by atoms with Crippen molar-refractivity contribution in [3.8, 4) is 0 Å². The quantitative estimate of drug-likeness (QED) is 0.799. The molecule has 0 bridgehead atoms. The maximum absolute atomic E-state index is 5.47. The van der Waals surface area contributed by atoms with Gasteiger partial charge in [0.05, 0.1) is 0 Å². The molecular formula is C12H15N5. The van der Waals surface area contributed by atoms with Crippen LogP contribution in [0.25, 0.3) is 0 Å². The van der Waals surface area contributed by atoms with Crippen molar-refractivity contribution in [2.24, 2.45) is 5.73 Å². The summed E-state index contributed by atoms with van der Waals surface area (Å²) in [7, 11) is 0. The van der Waals surface area contributed by atoms with Crippen LogP contribution in [-0.2, 0) is 13.0 Å². The van der Waals surface area contributed by atoms with Crippen molar-refractivity contribution < 1.29 is 0 Å². The Hall–Kier alpha value is -2.01. The van der Waals surface area contributed by atoms with E-state index in [0.717, 1.165) is 17.2 Å². The van der Waals surface area contributed by atoms with Gasteiger partial charge in [-0.15, -0.1) is 0 Å². The molecule has 2 aromatic heterocycles. The Kier molecular flexibility index (Phi) is 3.99. The molecule has 88 valence electrons. The van der Waals surface area contributed by atoms with E-state index in [0.29, 0.717) is 19.5 Å². The van der Waals surface area contributed by atoms with Crippen LogP contribution in [0, 0.1) is 0 Å². The third-order valence-corrected chi connectivity index (χ3v) is 2.27. The van der Waals surface area contributed by atoms with E-state index >= 15 is 0 Å². The van der Waals surface area contributed by atoms with Gasteiger partial charge in [-0.2, -0.15) is 0 Å². The number of nitrogens with two attached hydrogens (primary N) is 1. The van der Waals surface area contributed by atoms with Crippen molar-refractivity contribution in [2.75, 3.05) is 11.9 Å². The van der Waals surface area contributed by atoms with Crippen LogP contribution in [0.4, 0.5) is 5.82 Å². The molecule has 0 aliphatic rings. The van der Waals surface area contributed by atoms with Gasteiger partial charge >= 0.3 is 0 Å². The van der Waals surface area contributed by atoms with Crippen LogP contribution in [0.3, 0.4) is 0 Å². The number of nitrogens with zero attached hydrogens (tertiary/aromatic N) is 3. The van der Waals surface area contributed by atoms with E-state index in [-0.39, 0.29) is 0 Å². The molecule has 0 saturated carbocycles. The van der Waals surface area contributed by atoms with Crippen molar-refractivity contribution in [3.63, 3.8) is 0 Å². The van der Waals surface area contributed by atoms with Crippen LogP contribution in [0.15, 0.2) is 36.8 Å². The number of aromatic nitrogens is 3. The van der Waals surface area contributed by atoms with Crippen LogP contribution >= 0.6 is 0 Å². The third kappa shape index (κ3) is 3.49. The highest BCUT2D eigenvalue weighted by Gasteiger charge is 1.98. The van der Waals surface area contributed by atoms with E-state index in [2.05, 4.69) is 20.3 Å². The van der Waals surface area contributed by atoms with Crippen molar-refractivity contribution >= 4 is 5.82 Å². The predicted molar refractivity (Wildman–Crippen MR) is 66.4 cm³/mol. The SMILES string of the molecule is NCCc1nccc(NCc2cccnc2)n1. The highest BCUT2D eigenvalue weighted by atomic mass is 15.0. The normalized spacial score (nSPS) is 10.2. The Morgan fingerprint density at radius 2 is 2.18 bits per heavy atom. The van der Waals surface area contributed by atoms with Crippen molar-refractivity contribution in [1.29, 1.82) is 0 Å². The summed E-state index contributed by atoms with van der Waals surface area (Å²) in [5, 5.41) is 3.23. The lowest BCUT2D eigenvalue weighted by Crippen LogP contribution is -2.08. The zero-order chi connectivity index (χ0) is 11.9. The molecule has 0 spiro atoms. The van der Waals surface area contributed by atoms with Gasteiger partial charge in [-0.25, -0.2) is 9.97 Å². The molecule has 0 aliphatic carbocycles. The van der Waals surface area contributed by atoms with Crippen molar-refractivity contribution in [2.45, 2.75) is 13.0 Å². The van der Waals surface area contributed by atoms with Crippen LogP contribution in [0.5, 0.6) is 0 Å². The lowest BCUT2D eigenvalue weighted by molar-refractivity contribution is 0.865. The van der Waals surface area contributed by atoms with Crippen LogP contribution in [0.1, 0.15) is 11.4 Å². The molecule has 0 saturated heterocycles. The zero-order valence-electron chi connectivity index (χ0n) is 9.50. The van der Waals surface area contributed by atoms with Gasteiger partial charge in [-0.3, -0.25) is 4.98 Å². The number of pyridine rings is 1. The first-order valence-electron chi connectivity index (χ1n) is 5.53. The average Bonchev–Trinajstić information content (AvgIpc) is 2.39. The lowest BCUT2D eigenvalue weighted by Gasteiger charge is -2.06. The number of hydrogen-bond acceptors (Lipinski definition) is 5. The fourth-order valence-electron chi connectivity index (χ4n) is 1.44. The van der Waals surface area contributed by atoms with Crippen LogP contribution in [-0.4, -0.2) is 21.5 Å². The smallest absolute Gasteiger partial charge is 0.131 e. The van der Waals surface area contributed by atoms with E-state index in [1.807, 2.05) is 24.4 Å². The molecule has 0 unspecified atom stereocenters. The monoisotopic (exact) mass is 229 g/mol. The summed E-state index contributed by atoms with van der Waals surface area (Å²) in [4.78, 5) is 12.6. The Labute approximate surface area is 100 Å². The number of nitrogens with one attached hydrogen (secondary N) is 1. The van der Waals surface area contributed by atoms with Crippen molar-refractivity contribution in [3.05, 3.63) is 48.2 Å². The lowest BCUT2D eigenvalue weighted by atomic mass is 10.3. The van der Waals surface area contributed by atoms with Crippen molar-refractivity contribution in [1.82, 2.24) is 15.0 Å². The summed E-state index contributed by atoms with van der Waals surface area (Å²) in [6, 6.07) is 5.77. The van der Waals surface area contributed by atoms with Crippen LogP contribution in [0.2, 0.25) is 0 Å².